The summed E-state index contributed by atoms with van der Waals surface area (Å²) in [5, 5.41) is 2.33. The maximum atomic E-state index is 13.4. The van der Waals surface area contributed by atoms with E-state index in [1.54, 1.807) is 6.07 Å². The van der Waals surface area contributed by atoms with Gasteiger partial charge in [0.25, 0.3) is 10.0 Å². The Bertz CT molecular complexity index is 792. The number of benzene rings is 1. The van der Waals surface area contributed by atoms with Gasteiger partial charge in [-0.25, -0.2) is 12.8 Å². The summed E-state index contributed by atoms with van der Waals surface area (Å²) in [5.41, 5.74) is -0.00235. The second-order valence-corrected chi connectivity index (χ2v) is 8.33. The summed E-state index contributed by atoms with van der Waals surface area (Å²) in [5.74, 6) is -1.23. The fourth-order valence-corrected chi connectivity index (χ4v) is 4.45. The van der Waals surface area contributed by atoms with Crippen LogP contribution in [0.3, 0.4) is 0 Å². The molecule has 118 valence electrons. The molecule has 9 heteroatoms. The first-order chi connectivity index (χ1) is 10.3. The number of rotatable bonds is 5. The number of thiophene rings is 1. The van der Waals surface area contributed by atoms with Gasteiger partial charge in [-0.3, -0.25) is 4.79 Å². The van der Waals surface area contributed by atoms with E-state index in [0.717, 1.165) is 15.6 Å². The normalized spacial score (nSPS) is 11.6. The van der Waals surface area contributed by atoms with Crippen molar-refractivity contribution < 1.29 is 17.6 Å². The third-order valence-corrected chi connectivity index (χ3v) is 6.23. The zero-order chi connectivity index (χ0) is 16.3. The van der Waals surface area contributed by atoms with Crippen molar-refractivity contribution in [2.75, 3.05) is 18.9 Å². The molecule has 0 bridgehead atoms. The number of hydrogen-bond acceptors (Lipinski definition) is 4. The lowest BCUT2D eigenvalue weighted by Crippen LogP contribution is -2.34. The fourth-order valence-electron chi connectivity index (χ4n) is 1.63. The van der Waals surface area contributed by atoms with Crippen LogP contribution in [0.15, 0.2) is 40.6 Å². The molecule has 5 nitrogen and oxygen atoms in total. The number of halogens is 2. The zero-order valence-electron chi connectivity index (χ0n) is 11.4. The van der Waals surface area contributed by atoms with Gasteiger partial charge in [-0.1, -0.05) is 23.7 Å². The van der Waals surface area contributed by atoms with Crippen LogP contribution in [0.25, 0.3) is 0 Å². The molecule has 0 aliphatic carbocycles. The van der Waals surface area contributed by atoms with E-state index in [-0.39, 0.29) is 9.90 Å². The van der Waals surface area contributed by atoms with Gasteiger partial charge < -0.3 is 5.32 Å². The van der Waals surface area contributed by atoms with Crippen molar-refractivity contribution >= 4 is 44.6 Å². The van der Waals surface area contributed by atoms with Crippen LogP contribution >= 0.6 is 22.9 Å². The molecule has 0 unspecified atom stereocenters. The minimum absolute atomic E-state index is 0.00235. The molecule has 1 N–H and O–H groups in total. The molecule has 0 radical (unpaired) electrons. The van der Waals surface area contributed by atoms with Crippen LogP contribution in [-0.2, 0) is 14.8 Å². The summed E-state index contributed by atoms with van der Waals surface area (Å²) in [4.78, 5) is 11.9. The van der Waals surface area contributed by atoms with Crippen LogP contribution in [0.5, 0.6) is 0 Å². The van der Waals surface area contributed by atoms with Crippen molar-refractivity contribution in [2.45, 2.75) is 4.21 Å². The third kappa shape index (κ3) is 3.83. The highest BCUT2D eigenvalue weighted by Gasteiger charge is 2.24. The molecule has 2 rings (SSSR count). The lowest BCUT2D eigenvalue weighted by atomic mass is 10.3. The molecular formula is C13H12ClFN2O3S2. The lowest BCUT2D eigenvalue weighted by molar-refractivity contribution is -0.116. The molecule has 0 fully saturated rings. The van der Waals surface area contributed by atoms with Gasteiger partial charge >= 0.3 is 0 Å². The van der Waals surface area contributed by atoms with E-state index in [1.165, 1.54) is 37.4 Å². The monoisotopic (exact) mass is 362 g/mol. The molecule has 0 atom stereocenters. The predicted octanol–water partition coefficient (Wildman–Crippen LogP) is 2.80. The Labute approximate surface area is 136 Å². The number of carbonyl (C=O) groups excluding carboxylic acids is 1. The number of nitrogens with zero attached hydrogens (tertiary/aromatic N) is 1. The van der Waals surface area contributed by atoms with Crippen molar-refractivity contribution in [3.8, 4) is 0 Å². The molecule has 0 spiro atoms. The molecule has 1 aromatic carbocycles. The standard InChI is InChI=1S/C13H12ClFN2O3S2/c1-17(22(19,20)13-7-6-11(14)21-13)8-12(18)16-10-5-3-2-4-9(10)15/h2-7H,8H2,1H3,(H,16,18). The molecule has 0 aliphatic heterocycles. The highest BCUT2D eigenvalue weighted by Crippen LogP contribution is 2.27. The van der Waals surface area contributed by atoms with E-state index in [2.05, 4.69) is 5.32 Å². The second kappa shape index (κ2) is 6.74. The van der Waals surface area contributed by atoms with Crippen LogP contribution in [0, 0.1) is 5.82 Å². The summed E-state index contributed by atoms with van der Waals surface area (Å²) in [6.45, 7) is -0.438. The smallest absolute Gasteiger partial charge is 0.252 e. The van der Waals surface area contributed by atoms with Gasteiger partial charge in [0.1, 0.15) is 10.0 Å². The maximum Gasteiger partial charge on any atom is 0.252 e. The minimum atomic E-state index is -3.80. The van der Waals surface area contributed by atoms with Crippen LogP contribution in [0.2, 0.25) is 4.34 Å². The third-order valence-electron chi connectivity index (χ3n) is 2.73. The predicted molar refractivity (Wildman–Crippen MR) is 84.2 cm³/mol. The first kappa shape index (κ1) is 16.9. The van der Waals surface area contributed by atoms with E-state index < -0.39 is 28.3 Å². The largest absolute Gasteiger partial charge is 0.322 e. The van der Waals surface area contributed by atoms with Crippen molar-refractivity contribution in [1.82, 2.24) is 4.31 Å². The van der Waals surface area contributed by atoms with E-state index >= 15 is 0 Å². The summed E-state index contributed by atoms with van der Waals surface area (Å²) in [7, 11) is -2.54. The zero-order valence-corrected chi connectivity index (χ0v) is 13.8. The van der Waals surface area contributed by atoms with Crippen molar-refractivity contribution in [1.29, 1.82) is 0 Å². The number of para-hydroxylation sites is 1. The minimum Gasteiger partial charge on any atom is -0.322 e. The number of carbonyl (C=O) groups is 1. The quantitative estimate of drug-likeness (QED) is 0.889. The van der Waals surface area contributed by atoms with Gasteiger partial charge in [0, 0.05) is 7.05 Å². The van der Waals surface area contributed by atoms with E-state index in [1.807, 2.05) is 0 Å². The Balaban J connectivity index is 2.07. The van der Waals surface area contributed by atoms with Crippen LogP contribution < -0.4 is 5.32 Å². The highest BCUT2D eigenvalue weighted by molar-refractivity contribution is 7.91. The first-order valence-corrected chi connectivity index (χ1v) is 8.70. The van der Waals surface area contributed by atoms with Gasteiger partial charge in [-0.05, 0) is 24.3 Å². The van der Waals surface area contributed by atoms with Gasteiger partial charge in [-0.15, -0.1) is 11.3 Å². The van der Waals surface area contributed by atoms with Gasteiger partial charge in [-0.2, -0.15) is 4.31 Å². The fraction of sp³-hybridized carbons (Fsp3) is 0.154. The lowest BCUT2D eigenvalue weighted by Gasteiger charge is -2.15. The molecule has 1 heterocycles. The van der Waals surface area contributed by atoms with Crippen LogP contribution in [-0.4, -0.2) is 32.2 Å². The van der Waals surface area contributed by atoms with E-state index in [4.69, 9.17) is 11.6 Å². The van der Waals surface area contributed by atoms with Gasteiger partial charge in [0.15, 0.2) is 0 Å². The molecule has 22 heavy (non-hydrogen) atoms. The summed E-state index contributed by atoms with van der Waals surface area (Å²) in [6.07, 6.45) is 0. The topological polar surface area (TPSA) is 66.5 Å². The Kier molecular flexibility index (Phi) is 5.17. The number of hydrogen-bond donors (Lipinski definition) is 1. The Morgan fingerprint density at radius 3 is 2.59 bits per heavy atom. The molecule has 0 aliphatic rings. The first-order valence-electron chi connectivity index (χ1n) is 6.07. The Morgan fingerprint density at radius 1 is 1.32 bits per heavy atom. The average Bonchev–Trinajstić information content (AvgIpc) is 2.88. The van der Waals surface area contributed by atoms with Gasteiger partial charge in [0.2, 0.25) is 5.91 Å². The highest BCUT2D eigenvalue weighted by atomic mass is 35.5. The molecular weight excluding hydrogens is 351 g/mol. The molecule has 2 aromatic rings. The van der Waals surface area contributed by atoms with Crippen LogP contribution in [0.1, 0.15) is 0 Å². The van der Waals surface area contributed by atoms with Gasteiger partial charge in [0.05, 0.1) is 16.6 Å². The average molecular weight is 363 g/mol. The Morgan fingerprint density at radius 2 is 2.00 bits per heavy atom. The van der Waals surface area contributed by atoms with E-state index in [0.29, 0.717) is 4.34 Å². The SMILES string of the molecule is CN(CC(=O)Nc1ccccc1F)S(=O)(=O)c1ccc(Cl)s1. The summed E-state index contributed by atoms with van der Waals surface area (Å²) >= 11 is 6.62. The summed E-state index contributed by atoms with van der Waals surface area (Å²) in [6, 6.07) is 8.47. The second-order valence-electron chi connectivity index (χ2n) is 4.35. The number of sulfonamides is 1. The maximum absolute atomic E-state index is 13.4. The van der Waals surface area contributed by atoms with Crippen molar-refractivity contribution in [2.24, 2.45) is 0 Å². The molecule has 1 aromatic heterocycles. The summed E-state index contributed by atoms with van der Waals surface area (Å²) < 4.78 is 39.1. The van der Waals surface area contributed by atoms with Crippen molar-refractivity contribution in [3.05, 3.63) is 46.6 Å². The number of anilines is 1. The molecule has 0 saturated carbocycles. The molecule has 0 saturated heterocycles. The van der Waals surface area contributed by atoms with Crippen LogP contribution in [0.4, 0.5) is 10.1 Å². The van der Waals surface area contributed by atoms with Crippen molar-refractivity contribution in [3.63, 3.8) is 0 Å². The molecule has 1 amide bonds. The Hall–Kier alpha value is -1.48. The number of likely N-dealkylation sites (N-methyl/N-ethyl adjacent to an activating group) is 1. The number of amides is 1. The number of nitrogens with one attached hydrogen (secondary N) is 1. The van der Waals surface area contributed by atoms with E-state index in [9.17, 15) is 17.6 Å².